The lowest BCUT2D eigenvalue weighted by Gasteiger charge is -2.29. The van der Waals surface area contributed by atoms with E-state index in [1.165, 1.54) is 161 Å². The minimum atomic E-state index is 0. The first-order valence-electron chi connectivity index (χ1n) is 20.5. The molecule has 3 atom stereocenters. The maximum atomic E-state index is 12.8. The van der Waals surface area contributed by atoms with E-state index in [2.05, 4.69) is 73.5 Å². The van der Waals surface area contributed by atoms with Crippen LogP contribution >= 0.6 is 0 Å². The van der Waals surface area contributed by atoms with Crippen molar-refractivity contribution in [1.29, 1.82) is 0 Å². The van der Waals surface area contributed by atoms with Crippen molar-refractivity contribution in [3.8, 4) is 0 Å². The molecule has 1 heterocycles. The Morgan fingerprint density at radius 1 is 0.660 bits per heavy atom. The molecule has 5 heteroatoms. The fourth-order valence-electron chi connectivity index (χ4n) is 6.83. The van der Waals surface area contributed by atoms with Crippen LogP contribution in [0, 0.1) is 5.92 Å². The second-order valence-corrected chi connectivity index (χ2v) is 14.5. The third-order valence-corrected chi connectivity index (χ3v) is 10.2. The molecule has 1 amide bonds. The Kier molecular flexibility index (Phi) is 33.6. The molecule has 1 rings (SSSR count). The summed E-state index contributed by atoms with van der Waals surface area (Å²) in [5, 5.41) is 6.78. The summed E-state index contributed by atoms with van der Waals surface area (Å²) in [7, 11) is 0. The molecule has 3 unspecified atom stereocenters. The number of allylic oxidation sites excluding steroid dienone is 4. The maximum Gasteiger partial charge on any atom is 0.232 e. The van der Waals surface area contributed by atoms with Crippen molar-refractivity contribution in [3.05, 3.63) is 24.3 Å². The Bertz CT molecular complexity index is 780. The molecule has 0 saturated carbocycles. The van der Waals surface area contributed by atoms with Gasteiger partial charge in [0.15, 0.2) is 0 Å². The van der Waals surface area contributed by atoms with E-state index >= 15 is 0 Å². The first-order chi connectivity index (χ1) is 22.6. The van der Waals surface area contributed by atoms with Gasteiger partial charge in [-0.2, -0.15) is 0 Å². The van der Waals surface area contributed by atoms with Crippen LogP contribution in [0.1, 0.15) is 201 Å². The minimum absolute atomic E-state index is 0. The largest absolute Gasteiger partial charge is 1.00 e. The highest BCUT2D eigenvalue weighted by Gasteiger charge is 2.30. The normalized spacial score (nSPS) is 15.0. The van der Waals surface area contributed by atoms with Crippen LogP contribution in [0.2, 0.25) is 0 Å². The SMILES string of the molecule is CCCCCCCC/C=C\CCCCCCCC(=O)NC(C)C(C)C(CCCCCC/C=C\CCCCCCCC)[N+]1=CNCC1.[Cl-]. The molecule has 1 aliphatic rings. The molecule has 0 aliphatic carbocycles. The Hall–Kier alpha value is -1.29. The van der Waals surface area contributed by atoms with E-state index in [9.17, 15) is 4.79 Å². The molecular weight excluding hydrogens is 598 g/mol. The van der Waals surface area contributed by atoms with Gasteiger partial charge in [-0.05, 0) is 77.6 Å². The first-order valence-corrected chi connectivity index (χ1v) is 20.5. The molecule has 0 fully saturated rings. The van der Waals surface area contributed by atoms with Crippen LogP contribution in [0.5, 0.6) is 0 Å². The van der Waals surface area contributed by atoms with E-state index < -0.39 is 0 Å². The van der Waals surface area contributed by atoms with Crippen LogP contribution in [0.25, 0.3) is 0 Å². The number of nitrogens with one attached hydrogen (secondary N) is 2. The number of amides is 1. The molecule has 0 radical (unpaired) electrons. The topological polar surface area (TPSA) is 44.1 Å². The summed E-state index contributed by atoms with van der Waals surface area (Å²) in [5.41, 5.74) is 0. The van der Waals surface area contributed by atoms with E-state index in [0.717, 1.165) is 19.5 Å². The third kappa shape index (κ3) is 27.2. The fourth-order valence-corrected chi connectivity index (χ4v) is 6.83. The van der Waals surface area contributed by atoms with Gasteiger partial charge in [-0.1, -0.05) is 141 Å². The molecule has 2 N–H and O–H groups in total. The molecule has 0 bridgehead atoms. The van der Waals surface area contributed by atoms with Gasteiger partial charge >= 0.3 is 0 Å². The Labute approximate surface area is 300 Å². The second-order valence-electron chi connectivity index (χ2n) is 14.5. The lowest BCUT2D eigenvalue weighted by Crippen LogP contribution is -3.00. The predicted molar refractivity (Wildman–Crippen MR) is 204 cm³/mol. The summed E-state index contributed by atoms with van der Waals surface area (Å²) >= 11 is 0. The fraction of sp³-hybridized carbons (Fsp3) is 0.857. The average Bonchev–Trinajstić information content (AvgIpc) is 3.59. The number of hydrogen-bond donors (Lipinski definition) is 2. The molecule has 0 aromatic rings. The predicted octanol–water partition coefficient (Wildman–Crippen LogP) is 8.83. The van der Waals surface area contributed by atoms with E-state index in [1.54, 1.807) is 0 Å². The molecule has 0 spiro atoms. The van der Waals surface area contributed by atoms with Crippen LogP contribution in [0.4, 0.5) is 0 Å². The summed E-state index contributed by atoms with van der Waals surface area (Å²) in [6, 6.07) is 0.689. The van der Waals surface area contributed by atoms with Crippen molar-refractivity contribution in [2.45, 2.75) is 213 Å². The van der Waals surface area contributed by atoms with Crippen LogP contribution in [-0.2, 0) is 4.79 Å². The maximum absolute atomic E-state index is 12.8. The van der Waals surface area contributed by atoms with Gasteiger partial charge in [0.1, 0.15) is 19.1 Å². The van der Waals surface area contributed by atoms with Crippen LogP contribution in [0.3, 0.4) is 0 Å². The average molecular weight is 679 g/mol. The monoisotopic (exact) mass is 678 g/mol. The highest BCUT2D eigenvalue weighted by Crippen LogP contribution is 2.20. The lowest BCUT2D eigenvalue weighted by molar-refractivity contribution is -0.563. The highest BCUT2D eigenvalue weighted by atomic mass is 35.5. The molecule has 47 heavy (non-hydrogen) atoms. The molecule has 0 saturated heterocycles. The zero-order valence-electron chi connectivity index (χ0n) is 31.9. The van der Waals surface area contributed by atoms with Gasteiger partial charge in [0, 0.05) is 18.4 Å². The van der Waals surface area contributed by atoms with E-state index in [1.807, 2.05) is 0 Å². The summed E-state index contributed by atoms with van der Waals surface area (Å²) in [6.45, 7) is 11.2. The Morgan fingerprint density at radius 2 is 1.09 bits per heavy atom. The smallest absolute Gasteiger partial charge is 0.232 e. The quantitative estimate of drug-likeness (QED) is 0.0414. The summed E-state index contributed by atoms with van der Waals surface area (Å²) in [4.78, 5) is 12.8. The number of rotatable bonds is 33. The van der Waals surface area contributed by atoms with Crippen LogP contribution in [-0.4, -0.2) is 42.0 Å². The number of nitrogens with zero attached hydrogens (tertiary/aromatic N) is 1. The van der Waals surface area contributed by atoms with E-state index in [-0.39, 0.29) is 24.4 Å². The van der Waals surface area contributed by atoms with Crippen molar-refractivity contribution in [1.82, 2.24) is 10.6 Å². The van der Waals surface area contributed by atoms with Crippen molar-refractivity contribution < 1.29 is 21.8 Å². The van der Waals surface area contributed by atoms with Gasteiger partial charge in [-0.3, -0.25) is 14.7 Å². The van der Waals surface area contributed by atoms with Crippen molar-refractivity contribution in [3.63, 3.8) is 0 Å². The Balaban J connectivity index is 0.0000212. The van der Waals surface area contributed by atoms with Gasteiger partial charge in [0.2, 0.25) is 12.2 Å². The van der Waals surface area contributed by atoms with Crippen molar-refractivity contribution in [2.75, 3.05) is 13.1 Å². The van der Waals surface area contributed by atoms with E-state index in [4.69, 9.17) is 0 Å². The molecule has 276 valence electrons. The number of carbonyl (C=O) groups is 1. The molecule has 1 aliphatic heterocycles. The lowest BCUT2D eigenvalue weighted by atomic mass is 9.89. The standard InChI is InChI=1S/C42H79N3O.ClH/c1-5-7-9-11-13-15-17-19-21-23-25-27-29-31-33-35-42(46)44-40(4)39(3)41(45-37-36-43-38-45)34-32-30-28-26-24-22-20-18-16-14-12-10-8-6-2;/h19-22,38-41H,5-18,23-37H2,1-4H3,(H,44,46);1H/b21-19-,22-20-;. The number of hydrogen-bond acceptors (Lipinski definition) is 2. The number of unbranched alkanes of at least 4 members (excludes halogenated alkanes) is 21. The highest BCUT2D eigenvalue weighted by molar-refractivity contribution is 5.76. The van der Waals surface area contributed by atoms with Gasteiger partial charge in [-0.15, -0.1) is 0 Å². The van der Waals surface area contributed by atoms with Crippen LogP contribution in [0.15, 0.2) is 24.3 Å². The molecular formula is C42H80ClN3O. The van der Waals surface area contributed by atoms with Crippen molar-refractivity contribution >= 4 is 12.2 Å². The number of halogens is 1. The van der Waals surface area contributed by atoms with E-state index in [0.29, 0.717) is 18.4 Å². The van der Waals surface area contributed by atoms with Gasteiger partial charge in [0.25, 0.3) is 0 Å². The number of carbonyl (C=O) groups excluding carboxylic acids is 1. The third-order valence-electron chi connectivity index (χ3n) is 10.2. The molecule has 4 nitrogen and oxygen atoms in total. The van der Waals surface area contributed by atoms with Crippen LogP contribution < -0.4 is 23.0 Å². The molecule has 0 aromatic carbocycles. The zero-order chi connectivity index (χ0) is 33.3. The minimum Gasteiger partial charge on any atom is -1.00 e. The Morgan fingerprint density at radius 3 is 1.53 bits per heavy atom. The zero-order valence-corrected chi connectivity index (χ0v) is 32.6. The second kappa shape index (κ2) is 34.6. The van der Waals surface area contributed by atoms with Gasteiger partial charge < -0.3 is 17.7 Å². The summed E-state index contributed by atoms with van der Waals surface area (Å²) < 4.78 is 2.50. The van der Waals surface area contributed by atoms with Gasteiger partial charge in [0.05, 0.1) is 0 Å². The van der Waals surface area contributed by atoms with Crippen molar-refractivity contribution in [2.24, 2.45) is 5.92 Å². The summed E-state index contributed by atoms with van der Waals surface area (Å²) in [5.74, 6) is 0.669. The molecule has 0 aromatic heterocycles. The van der Waals surface area contributed by atoms with Gasteiger partial charge in [-0.25, -0.2) is 0 Å². The summed E-state index contributed by atoms with van der Waals surface area (Å²) in [6.07, 6.45) is 46.5. The first kappa shape index (κ1) is 45.7.